The van der Waals surface area contributed by atoms with Crippen LogP contribution in [0.1, 0.15) is 19.4 Å². The van der Waals surface area contributed by atoms with Crippen molar-refractivity contribution < 1.29 is 9.59 Å². The van der Waals surface area contributed by atoms with Gasteiger partial charge in [0.2, 0.25) is 11.8 Å². The van der Waals surface area contributed by atoms with E-state index in [1.54, 1.807) is 13.8 Å². The van der Waals surface area contributed by atoms with Gasteiger partial charge in [0.25, 0.3) is 0 Å². The second kappa shape index (κ2) is 6.84. The number of aromatic nitrogens is 3. The van der Waals surface area contributed by atoms with Crippen LogP contribution in [-0.4, -0.2) is 26.8 Å². The van der Waals surface area contributed by atoms with E-state index in [1.807, 2.05) is 31.2 Å². The fourth-order valence-electron chi connectivity index (χ4n) is 1.69. The predicted molar refractivity (Wildman–Crippen MR) is 83.3 cm³/mol. The number of benzene rings is 1. The average molecular weight is 301 g/mol. The summed E-state index contributed by atoms with van der Waals surface area (Å²) in [6, 6.07) is 7.51. The van der Waals surface area contributed by atoms with Crippen LogP contribution in [0.5, 0.6) is 0 Å². The number of anilines is 2. The molecule has 0 saturated carbocycles. The van der Waals surface area contributed by atoms with Crippen LogP contribution >= 0.6 is 0 Å². The minimum Gasteiger partial charge on any atom is -0.324 e. The first-order valence-electron chi connectivity index (χ1n) is 7.01. The van der Waals surface area contributed by atoms with Crippen molar-refractivity contribution in [2.75, 3.05) is 10.6 Å². The van der Waals surface area contributed by atoms with Gasteiger partial charge in [0.1, 0.15) is 6.54 Å². The molecule has 2 aromatic rings. The number of carbonyl (C=O) groups is 2. The van der Waals surface area contributed by atoms with Crippen molar-refractivity contribution >= 4 is 23.3 Å². The topological polar surface area (TPSA) is 88.9 Å². The van der Waals surface area contributed by atoms with Gasteiger partial charge in [-0.15, -0.1) is 5.10 Å². The zero-order valence-electron chi connectivity index (χ0n) is 12.8. The average Bonchev–Trinajstić information content (AvgIpc) is 2.88. The molecule has 22 heavy (non-hydrogen) atoms. The summed E-state index contributed by atoms with van der Waals surface area (Å²) >= 11 is 0. The molecule has 116 valence electrons. The first-order chi connectivity index (χ1) is 10.4. The third-order valence-corrected chi connectivity index (χ3v) is 2.96. The minimum atomic E-state index is -0.213. The fraction of sp³-hybridized carbons (Fsp3) is 0.333. The molecule has 7 nitrogen and oxygen atoms in total. The maximum Gasteiger partial charge on any atom is 0.246 e. The van der Waals surface area contributed by atoms with Crippen LogP contribution in [0.25, 0.3) is 0 Å². The zero-order valence-corrected chi connectivity index (χ0v) is 12.8. The van der Waals surface area contributed by atoms with Crippen LogP contribution in [0.2, 0.25) is 0 Å². The first kappa shape index (κ1) is 15.7. The summed E-state index contributed by atoms with van der Waals surface area (Å²) in [5.41, 5.74) is 1.85. The smallest absolute Gasteiger partial charge is 0.246 e. The van der Waals surface area contributed by atoms with E-state index in [-0.39, 0.29) is 24.3 Å². The number of nitrogens with zero attached hydrogens (tertiary/aromatic N) is 3. The first-order valence-corrected chi connectivity index (χ1v) is 7.01. The Morgan fingerprint density at radius 3 is 2.50 bits per heavy atom. The van der Waals surface area contributed by atoms with Crippen molar-refractivity contribution in [3.63, 3.8) is 0 Å². The van der Waals surface area contributed by atoms with E-state index in [4.69, 9.17) is 0 Å². The summed E-state index contributed by atoms with van der Waals surface area (Å²) in [4.78, 5) is 23.5. The lowest BCUT2D eigenvalue weighted by Gasteiger charge is -2.05. The number of rotatable bonds is 5. The molecule has 0 aliphatic rings. The van der Waals surface area contributed by atoms with Crippen LogP contribution < -0.4 is 10.6 Å². The van der Waals surface area contributed by atoms with Crippen LogP contribution in [0.15, 0.2) is 30.5 Å². The van der Waals surface area contributed by atoms with Gasteiger partial charge >= 0.3 is 0 Å². The number of amides is 2. The highest BCUT2D eigenvalue weighted by atomic mass is 16.2. The molecule has 0 unspecified atom stereocenters. The quantitative estimate of drug-likeness (QED) is 0.881. The largest absolute Gasteiger partial charge is 0.324 e. The maximum absolute atomic E-state index is 11.9. The molecule has 2 N–H and O–H groups in total. The Balaban J connectivity index is 1.90. The predicted octanol–water partition coefficient (Wildman–Crippen LogP) is 1.82. The SMILES string of the molecule is Cc1ccc(NC(=O)Cn2cc(NC(=O)C(C)C)nn2)cc1. The van der Waals surface area contributed by atoms with Gasteiger partial charge < -0.3 is 10.6 Å². The van der Waals surface area contributed by atoms with Gasteiger partial charge in [-0.05, 0) is 19.1 Å². The lowest BCUT2D eigenvalue weighted by Crippen LogP contribution is -2.19. The Hall–Kier alpha value is -2.70. The van der Waals surface area contributed by atoms with Crippen molar-refractivity contribution in [3.8, 4) is 0 Å². The molecule has 0 saturated heterocycles. The third-order valence-electron chi connectivity index (χ3n) is 2.96. The highest BCUT2D eigenvalue weighted by Crippen LogP contribution is 2.09. The molecule has 7 heteroatoms. The molecule has 0 aliphatic carbocycles. The van der Waals surface area contributed by atoms with Crippen LogP contribution in [0.4, 0.5) is 11.5 Å². The summed E-state index contributed by atoms with van der Waals surface area (Å²) < 4.78 is 1.37. The molecule has 0 atom stereocenters. The number of carbonyl (C=O) groups excluding carboxylic acids is 2. The van der Waals surface area contributed by atoms with E-state index in [9.17, 15) is 9.59 Å². The molecule has 0 fully saturated rings. The van der Waals surface area contributed by atoms with Crippen LogP contribution in [0.3, 0.4) is 0 Å². The fourth-order valence-corrected chi connectivity index (χ4v) is 1.69. The molecule has 0 radical (unpaired) electrons. The van der Waals surface area contributed by atoms with Crippen molar-refractivity contribution in [3.05, 3.63) is 36.0 Å². The van der Waals surface area contributed by atoms with E-state index in [0.29, 0.717) is 5.82 Å². The summed E-state index contributed by atoms with van der Waals surface area (Å²) in [5, 5.41) is 13.0. The van der Waals surface area contributed by atoms with Gasteiger partial charge in [0.05, 0.1) is 6.20 Å². The molecular weight excluding hydrogens is 282 g/mol. The molecule has 1 aromatic carbocycles. The third kappa shape index (κ3) is 4.41. The highest BCUT2D eigenvalue weighted by Gasteiger charge is 2.11. The lowest BCUT2D eigenvalue weighted by atomic mass is 10.2. The second-order valence-electron chi connectivity index (χ2n) is 5.36. The summed E-state index contributed by atoms with van der Waals surface area (Å²) in [6.45, 7) is 5.58. The Morgan fingerprint density at radius 1 is 1.18 bits per heavy atom. The molecular formula is C15H19N5O2. The van der Waals surface area contributed by atoms with E-state index in [2.05, 4.69) is 20.9 Å². The zero-order chi connectivity index (χ0) is 16.1. The Morgan fingerprint density at radius 2 is 1.86 bits per heavy atom. The Kier molecular flexibility index (Phi) is 4.88. The van der Waals surface area contributed by atoms with Gasteiger partial charge in [0, 0.05) is 11.6 Å². The van der Waals surface area contributed by atoms with Gasteiger partial charge in [-0.25, -0.2) is 4.68 Å². The van der Waals surface area contributed by atoms with Crippen LogP contribution in [0, 0.1) is 12.8 Å². The van der Waals surface area contributed by atoms with Gasteiger partial charge in [-0.2, -0.15) is 0 Å². The van der Waals surface area contributed by atoms with Crippen molar-refractivity contribution in [2.45, 2.75) is 27.3 Å². The molecule has 2 rings (SSSR count). The number of hydrogen-bond acceptors (Lipinski definition) is 4. The number of hydrogen-bond donors (Lipinski definition) is 2. The van der Waals surface area contributed by atoms with Gasteiger partial charge in [0.15, 0.2) is 5.82 Å². The van der Waals surface area contributed by atoms with E-state index >= 15 is 0 Å². The molecule has 0 bridgehead atoms. The number of nitrogens with one attached hydrogen (secondary N) is 2. The summed E-state index contributed by atoms with van der Waals surface area (Å²) in [5.74, 6) is -0.163. The van der Waals surface area contributed by atoms with E-state index in [0.717, 1.165) is 11.3 Å². The highest BCUT2D eigenvalue weighted by molar-refractivity contribution is 5.91. The van der Waals surface area contributed by atoms with Crippen molar-refractivity contribution in [2.24, 2.45) is 5.92 Å². The van der Waals surface area contributed by atoms with E-state index in [1.165, 1.54) is 10.9 Å². The van der Waals surface area contributed by atoms with Crippen molar-refractivity contribution in [1.29, 1.82) is 0 Å². The standard InChI is InChI=1S/C15H19N5O2/c1-10(2)15(22)17-13-8-20(19-18-13)9-14(21)16-12-6-4-11(3)5-7-12/h4-8,10H,9H2,1-3H3,(H,16,21)(H,17,22). The minimum absolute atomic E-state index is 0.0262. The normalized spacial score (nSPS) is 10.5. The van der Waals surface area contributed by atoms with E-state index < -0.39 is 0 Å². The molecule has 0 spiro atoms. The van der Waals surface area contributed by atoms with Crippen LogP contribution in [-0.2, 0) is 16.1 Å². The maximum atomic E-state index is 11.9. The lowest BCUT2D eigenvalue weighted by molar-refractivity contribution is -0.119. The summed E-state index contributed by atoms with van der Waals surface area (Å²) in [7, 11) is 0. The monoisotopic (exact) mass is 301 g/mol. The molecule has 1 aromatic heterocycles. The Bertz CT molecular complexity index is 661. The van der Waals surface area contributed by atoms with Crippen molar-refractivity contribution in [1.82, 2.24) is 15.0 Å². The van der Waals surface area contributed by atoms with Gasteiger partial charge in [-0.3, -0.25) is 9.59 Å². The second-order valence-corrected chi connectivity index (χ2v) is 5.36. The Labute approximate surface area is 128 Å². The van der Waals surface area contributed by atoms with Gasteiger partial charge in [-0.1, -0.05) is 36.8 Å². The summed E-state index contributed by atoms with van der Waals surface area (Å²) in [6.07, 6.45) is 1.52. The molecule has 2 amide bonds. The molecule has 1 heterocycles. The number of aryl methyl sites for hydroxylation is 1. The molecule has 0 aliphatic heterocycles.